The molecular weight excluding hydrogens is 520 g/mol. The highest BCUT2D eigenvalue weighted by molar-refractivity contribution is 6.04. The van der Waals surface area contributed by atoms with Gasteiger partial charge in [0, 0.05) is 35.8 Å². The van der Waals surface area contributed by atoms with Crippen LogP contribution in [0.3, 0.4) is 0 Å². The molecule has 4 N–H and O–H groups in total. The lowest BCUT2D eigenvalue weighted by Crippen LogP contribution is -2.33. The number of carbonyl (C=O) groups excluding carboxylic acids is 1. The molecule has 0 fully saturated rings. The maximum Gasteiger partial charge on any atom is 0.267 e. The molecule has 0 saturated carbocycles. The number of nitrogens with one attached hydrogen (secondary N) is 2. The van der Waals surface area contributed by atoms with Crippen molar-refractivity contribution in [3.63, 3.8) is 0 Å². The maximum atomic E-state index is 14.1. The van der Waals surface area contributed by atoms with Crippen LogP contribution in [-0.2, 0) is 0 Å². The SMILES string of the molecule is C[C@@H](NC(=O)c1c(N)nn2cccnc12)c1nc2cccc(C#Cc3cc[nH]c(=O)c3)c2c(=O)n1-c1ccccc1. The zero-order chi connectivity index (χ0) is 28.5. The molecule has 0 aliphatic carbocycles. The number of amides is 1. The van der Waals surface area contributed by atoms with Crippen LogP contribution in [0, 0.1) is 11.8 Å². The highest BCUT2D eigenvalue weighted by Crippen LogP contribution is 2.22. The van der Waals surface area contributed by atoms with E-state index in [2.05, 4.69) is 32.2 Å². The Morgan fingerprint density at radius 1 is 1.05 bits per heavy atom. The van der Waals surface area contributed by atoms with Gasteiger partial charge in [-0.25, -0.2) is 14.5 Å². The lowest BCUT2D eigenvalue weighted by atomic mass is 10.1. The fourth-order valence-electron chi connectivity index (χ4n) is 4.59. The van der Waals surface area contributed by atoms with E-state index in [1.54, 1.807) is 61.8 Å². The summed E-state index contributed by atoms with van der Waals surface area (Å²) in [6, 6.07) is 18.2. The number of H-pyrrole nitrogens is 1. The Hall–Kier alpha value is -6.02. The van der Waals surface area contributed by atoms with Crippen molar-refractivity contribution in [1.82, 2.24) is 34.4 Å². The number of nitrogen functional groups attached to an aromatic ring is 1. The Morgan fingerprint density at radius 2 is 1.88 bits per heavy atom. The van der Waals surface area contributed by atoms with Crippen LogP contribution in [0.1, 0.15) is 40.3 Å². The van der Waals surface area contributed by atoms with E-state index in [-0.39, 0.29) is 22.5 Å². The van der Waals surface area contributed by atoms with Crippen LogP contribution in [0.15, 0.2) is 94.9 Å². The average Bonchev–Trinajstić information content (AvgIpc) is 3.32. The number of nitrogens with two attached hydrogens (primary N) is 1. The average molecular weight is 543 g/mol. The van der Waals surface area contributed by atoms with Gasteiger partial charge in [-0.15, -0.1) is 5.10 Å². The molecule has 1 atom stereocenters. The van der Waals surface area contributed by atoms with Crippen molar-refractivity contribution in [2.24, 2.45) is 0 Å². The summed E-state index contributed by atoms with van der Waals surface area (Å²) in [5.74, 6) is 5.81. The molecule has 41 heavy (non-hydrogen) atoms. The van der Waals surface area contributed by atoms with Crippen molar-refractivity contribution >= 4 is 28.3 Å². The first kappa shape index (κ1) is 25.3. The van der Waals surface area contributed by atoms with E-state index in [1.165, 1.54) is 21.3 Å². The fourth-order valence-corrected chi connectivity index (χ4v) is 4.59. The minimum atomic E-state index is -0.719. The lowest BCUT2D eigenvalue weighted by Gasteiger charge is -2.20. The van der Waals surface area contributed by atoms with Gasteiger partial charge in [-0.05, 0) is 43.3 Å². The minimum Gasteiger partial charge on any atom is -0.381 e. The molecule has 11 nitrogen and oxygen atoms in total. The van der Waals surface area contributed by atoms with Gasteiger partial charge < -0.3 is 16.0 Å². The predicted molar refractivity (Wildman–Crippen MR) is 154 cm³/mol. The fraction of sp³-hybridized carbons (Fsp3) is 0.0667. The number of anilines is 1. The molecule has 0 spiro atoms. The van der Waals surface area contributed by atoms with Crippen molar-refractivity contribution in [2.75, 3.05) is 5.73 Å². The van der Waals surface area contributed by atoms with Gasteiger partial charge in [0.1, 0.15) is 11.4 Å². The summed E-state index contributed by atoms with van der Waals surface area (Å²) < 4.78 is 2.89. The molecule has 0 aliphatic heterocycles. The van der Waals surface area contributed by atoms with Crippen LogP contribution >= 0.6 is 0 Å². The molecule has 0 radical (unpaired) electrons. The molecule has 0 aliphatic rings. The van der Waals surface area contributed by atoms with Gasteiger partial charge in [-0.3, -0.25) is 19.0 Å². The van der Waals surface area contributed by atoms with Crippen LogP contribution in [0.2, 0.25) is 0 Å². The predicted octanol–water partition coefficient (Wildman–Crippen LogP) is 2.59. The molecule has 6 rings (SSSR count). The molecule has 0 bridgehead atoms. The number of nitrogens with zero attached hydrogens (tertiary/aromatic N) is 5. The minimum absolute atomic E-state index is 0.0314. The van der Waals surface area contributed by atoms with E-state index in [9.17, 15) is 14.4 Å². The van der Waals surface area contributed by atoms with E-state index < -0.39 is 11.9 Å². The molecule has 200 valence electrons. The number of fused-ring (bicyclic) bond motifs is 2. The molecule has 0 unspecified atom stereocenters. The molecule has 4 heterocycles. The highest BCUT2D eigenvalue weighted by Gasteiger charge is 2.24. The number of carbonyl (C=O) groups is 1. The molecule has 4 aromatic heterocycles. The van der Waals surface area contributed by atoms with Gasteiger partial charge in [0.15, 0.2) is 11.5 Å². The summed E-state index contributed by atoms with van der Waals surface area (Å²) in [6.07, 6.45) is 4.70. The van der Waals surface area contributed by atoms with Gasteiger partial charge in [0.2, 0.25) is 5.56 Å². The first-order valence-corrected chi connectivity index (χ1v) is 12.6. The quantitative estimate of drug-likeness (QED) is 0.290. The first-order valence-electron chi connectivity index (χ1n) is 12.6. The van der Waals surface area contributed by atoms with Crippen LogP contribution < -0.4 is 22.2 Å². The van der Waals surface area contributed by atoms with Crippen molar-refractivity contribution in [1.29, 1.82) is 0 Å². The van der Waals surface area contributed by atoms with E-state index in [0.29, 0.717) is 39.2 Å². The van der Waals surface area contributed by atoms with Crippen LogP contribution in [0.25, 0.3) is 22.2 Å². The van der Waals surface area contributed by atoms with Crippen molar-refractivity contribution < 1.29 is 4.79 Å². The van der Waals surface area contributed by atoms with E-state index in [4.69, 9.17) is 10.7 Å². The summed E-state index contributed by atoms with van der Waals surface area (Å²) in [7, 11) is 0. The van der Waals surface area contributed by atoms with E-state index in [0.717, 1.165) is 0 Å². The number of rotatable bonds is 4. The zero-order valence-electron chi connectivity index (χ0n) is 21.7. The molecule has 6 aromatic rings. The van der Waals surface area contributed by atoms with E-state index in [1.807, 2.05) is 18.2 Å². The second-order valence-corrected chi connectivity index (χ2v) is 9.18. The maximum absolute atomic E-state index is 14.1. The molecule has 11 heteroatoms. The molecule has 2 aromatic carbocycles. The third-order valence-electron chi connectivity index (χ3n) is 6.44. The summed E-state index contributed by atoms with van der Waals surface area (Å²) in [6.45, 7) is 1.73. The van der Waals surface area contributed by atoms with E-state index >= 15 is 0 Å². The number of hydrogen-bond acceptors (Lipinski definition) is 7. The second kappa shape index (κ2) is 10.3. The Balaban J connectivity index is 1.48. The topological polar surface area (TPSA) is 153 Å². The van der Waals surface area contributed by atoms with Gasteiger partial charge in [-0.1, -0.05) is 36.1 Å². The van der Waals surface area contributed by atoms with Crippen LogP contribution in [-0.4, -0.2) is 35.0 Å². The lowest BCUT2D eigenvalue weighted by molar-refractivity contribution is 0.0940. The second-order valence-electron chi connectivity index (χ2n) is 9.18. The Morgan fingerprint density at radius 3 is 2.68 bits per heavy atom. The van der Waals surface area contributed by atoms with Gasteiger partial charge in [0.25, 0.3) is 11.5 Å². The normalized spacial score (nSPS) is 11.6. The van der Waals surface area contributed by atoms with Gasteiger partial charge in [-0.2, -0.15) is 0 Å². The van der Waals surface area contributed by atoms with Crippen molar-refractivity contribution in [2.45, 2.75) is 13.0 Å². The number of para-hydroxylation sites is 1. The summed E-state index contributed by atoms with van der Waals surface area (Å²) >= 11 is 0. The molecular formula is C30H22N8O3. The zero-order valence-corrected chi connectivity index (χ0v) is 21.7. The van der Waals surface area contributed by atoms with Crippen LogP contribution in [0.4, 0.5) is 5.82 Å². The largest absolute Gasteiger partial charge is 0.381 e. The summed E-state index contributed by atoms with van der Waals surface area (Å²) in [5.41, 5.74) is 7.80. The van der Waals surface area contributed by atoms with Gasteiger partial charge >= 0.3 is 0 Å². The third kappa shape index (κ3) is 4.70. The standard InChI is InChI=1S/C30H22N8O3/c1-18(34-29(40)25-26(31)36-37-16-6-14-33-28(25)37)27-35-22-10-5-7-20(12-11-19-13-15-32-23(39)17-19)24(22)30(41)38(27)21-8-3-2-4-9-21/h2-10,13-18H,1H3,(H2,31,36)(H,32,39)(H,34,40)/t18-/m1/s1. The summed E-state index contributed by atoms with van der Waals surface area (Å²) in [4.78, 5) is 50.8. The van der Waals surface area contributed by atoms with Crippen molar-refractivity contribution in [3.8, 4) is 17.5 Å². The Labute approximate surface area is 232 Å². The smallest absolute Gasteiger partial charge is 0.267 e. The molecule has 0 saturated heterocycles. The number of benzene rings is 2. The number of aromatic amines is 1. The first-order chi connectivity index (χ1) is 19.9. The van der Waals surface area contributed by atoms with Crippen LogP contribution in [0.5, 0.6) is 0 Å². The summed E-state index contributed by atoms with van der Waals surface area (Å²) in [5, 5.41) is 7.37. The Kier molecular flexibility index (Phi) is 6.33. The number of aromatic nitrogens is 6. The Bertz CT molecular complexity index is 2140. The molecule has 1 amide bonds. The number of pyridine rings is 1. The number of hydrogen-bond donors (Lipinski definition) is 3. The third-order valence-corrected chi connectivity index (χ3v) is 6.44. The highest BCUT2D eigenvalue weighted by atomic mass is 16.2. The van der Waals surface area contributed by atoms with Gasteiger partial charge in [0.05, 0.1) is 22.6 Å². The monoisotopic (exact) mass is 542 g/mol. The van der Waals surface area contributed by atoms with Crippen molar-refractivity contribution in [3.05, 3.63) is 129 Å².